The molecule has 0 saturated heterocycles. The van der Waals surface area contributed by atoms with Crippen molar-refractivity contribution in [2.24, 2.45) is 0 Å². The SMILES string of the molecule is CCS(=O)(=O)NCc1ccc(C(=O)O[C@H](C)Cc2ccccc2)cc1. The van der Waals surface area contributed by atoms with Crippen molar-refractivity contribution in [3.8, 4) is 0 Å². The van der Waals surface area contributed by atoms with Gasteiger partial charge in [-0.3, -0.25) is 0 Å². The fraction of sp³-hybridized carbons (Fsp3) is 0.316. The van der Waals surface area contributed by atoms with Gasteiger partial charge in [0.15, 0.2) is 0 Å². The number of ether oxygens (including phenoxy) is 1. The van der Waals surface area contributed by atoms with Gasteiger partial charge in [-0.25, -0.2) is 17.9 Å². The second kappa shape index (κ2) is 8.78. The van der Waals surface area contributed by atoms with Gasteiger partial charge in [-0.05, 0) is 37.1 Å². The van der Waals surface area contributed by atoms with Crippen molar-refractivity contribution in [2.45, 2.75) is 32.9 Å². The Bertz CT molecular complexity index is 786. The van der Waals surface area contributed by atoms with Crippen LogP contribution < -0.4 is 4.72 Å². The Kier molecular flexibility index (Phi) is 6.73. The normalized spacial score (nSPS) is 12.6. The Balaban J connectivity index is 1.89. The Hall–Kier alpha value is -2.18. The van der Waals surface area contributed by atoms with Crippen molar-refractivity contribution in [3.05, 3.63) is 71.3 Å². The van der Waals surface area contributed by atoms with E-state index in [0.717, 1.165) is 11.1 Å². The second-order valence-electron chi connectivity index (χ2n) is 5.83. The van der Waals surface area contributed by atoms with Gasteiger partial charge in [0, 0.05) is 13.0 Å². The topological polar surface area (TPSA) is 72.5 Å². The number of sulfonamides is 1. The molecule has 2 aromatic rings. The Labute approximate surface area is 149 Å². The van der Waals surface area contributed by atoms with E-state index < -0.39 is 10.0 Å². The van der Waals surface area contributed by atoms with E-state index in [1.165, 1.54) is 0 Å². The summed E-state index contributed by atoms with van der Waals surface area (Å²) < 4.78 is 30.8. The summed E-state index contributed by atoms with van der Waals surface area (Å²) in [4.78, 5) is 12.2. The van der Waals surface area contributed by atoms with Crippen LogP contribution in [0.4, 0.5) is 0 Å². The third kappa shape index (κ3) is 6.32. The van der Waals surface area contributed by atoms with Crippen LogP contribution in [0.15, 0.2) is 54.6 Å². The van der Waals surface area contributed by atoms with Gasteiger partial charge in [0.2, 0.25) is 10.0 Å². The molecule has 0 aliphatic rings. The van der Waals surface area contributed by atoms with Crippen molar-refractivity contribution < 1.29 is 17.9 Å². The maximum absolute atomic E-state index is 12.2. The lowest BCUT2D eigenvalue weighted by Gasteiger charge is -2.13. The fourth-order valence-corrected chi connectivity index (χ4v) is 2.88. The van der Waals surface area contributed by atoms with Crippen molar-refractivity contribution in [1.82, 2.24) is 4.72 Å². The number of esters is 1. The summed E-state index contributed by atoms with van der Waals surface area (Å²) in [5.41, 5.74) is 2.34. The lowest BCUT2D eigenvalue weighted by Crippen LogP contribution is -2.24. The monoisotopic (exact) mass is 361 g/mol. The lowest BCUT2D eigenvalue weighted by atomic mass is 10.1. The van der Waals surface area contributed by atoms with Crippen LogP contribution in [0.3, 0.4) is 0 Å². The molecule has 134 valence electrons. The molecule has 0 spiro atoms. The number of carbonyl (C=O) groups excluding carboxylic acids is 1. The summed E-state index contributed by atoms with van der Waals surface area (Å²) in [6, 6.07) is 16.6. The highest BCUT2D eigenvalue weighted by Crippen LogP contribution is 2.11. The number of nitrogens with one attached hydrogen (secondary N) is 1. The van der Waals surface area contributed by atoms with Crippen LogP contribution in [0.2, 0.25) is 0 Å². The summed E-state index contributed by atoms with van der Waals surface area (Å²) in [5.74, 6) is -0.347. The molecule has 0 amide bonds. The summed E-state index contributed by atoms with van der Waals surface area (Å²) in [6.45, 7) is 3.65. The zero-order valence-corrected chi connectivity index (χ0v) is 15.3. The minimum absolute atomic E-state index is 0.0384. The fourth-order valence-electron chi connectivity index (χ4n) is 2.29. The minimum Gasteiger partial charge on any atom is -0.459 e. The third-order valence-corrected chi connectivity index (χ3v) is 5.08. The molecule has 5 nitrogen and oxygen atoms in total. The van der Waals surface area contributed by atoms with Gasteiger partial charge in [-0.2, -0.15) is 0 Å². The molecule has 0 unspecified atom stereocenters. The van der Waals surface area contributed by atoms with E-state index in [1.54, 1.807) is 31.2 Å². The van der Waals surface area contributed by atoms with Crippen LogP contribution in [0.1, 0.15) is 35.3 Å². The minimum atomic E-state index is -3.23. The number of hydrogen-bond acceptors (Lipinski definition) is 4. The first-order valence-corrected chi connectivity index (χ1v) is 9.86. The summed E-state index contributed by atoms with van der Waals surface area (Å²) in [7, 11) is -3.23. The van der Waals surface area contributed by atoms with Gasteiger partial charge in [0.1, 0.15) is 6.10 Å². The molecule has 0 saturated carbocycles. The number of carbonyl (C=O) groups is 1. The summed E-state index contributed by atoms with van der Waals surface area (Å²) in [6.07, 6.45) is 0.426. The average molecular weight is 361 g/mol. The average Bonchev–Trinajstić information content (AvgIpc) is 2.61. The van der Waals surface area contributed by atoms with Crippen LogP contribution >= 0.6 is 0 Å². The van der Waals surface area contributed by atoms with Crippen LogP contribution in [0.5, 0.6) is 0 Å². The molecule has 25 heavy (non-hydrogen) atoms. The van der Waals surface area contributed by atoms with E-state index in [-0.39, 0.29) is 24.4 Å². The smallest absolute Gasteiger partial charge is 0.338 e. The molecule has 0 aromatic heterocycles. The zero-order valence-electron chi connectivity index (χ0n) is 14.4. The van der Waals surface area contributed by atoms with Gasteiger partial charge in [-0.15, -0.1) is 0 Å². The van der Waals surface area contributed by atoms with E-state index in [2.05, 4.69) is 4.72 Å². The first-order valence-electron chi connectivity index (χ1n) is 8.21. The van der Waals surface area contributed by atoms with Crippen LogP contribution in [-0.2, 0) is 27.7 Å². The molecular weight excluding hydrogens is 338 g/mol. The van der Waals surface area contributed by atoms with Gasteiger partial charge in [0.25, 0.3) is 0 Å². The third-order valence-electron chi connectivity index (χ3n) is 3.74. The van der Waals surface area contributed by atoms with Crippen molar-refractivity contribution >= 4 is 16.0 Å². The van der Waals surface area contributed by atoms with Crippen molar-refractivity contribution in [2.75, 3.05) is 5.75 Å². The molecule has 0 radical (unpaired) electrons. The maximum atomic E-state index is 12.2. The Morgan fingerprint density at radius 1 is 1.04 bits per heavy atom. The zero-order chi connectivity index (χ0) is 18.3. The van der Waals surface area contributed by atoms with Crippen molar-refractivity contribution in [1.29, 1.82) is 0 Å². The maximum Gasteiger partial charge on any atom is 0.338 e. The number of rotatable bonds is 8. The Morgan fingerprint density at radius 3 is 2.28 bits per heavy atom. The van der Waals surface area contributed by atoms with Gasteiger partial charge in [0.05, 0.1) is 11.3 Å². The predicted molar refractivity (Wildman–Crippen MR) is 97.8 cm³/mol. The first-order chi connectivity index (χ1) is 11.9. The van der Waals surface area contributed by atoms with Crippen LogP contribution in [0.25, 0.3) is 0 Å². The Morgan fingerprint density at radius 2 is 1.68 bits per heavy atom. The quantitative estimate of drug-likeness (QED) is 0.734. The van der Waals surface area contributed by atoms with Gasteiger partial charge in [-0.1, -0.05) is 42.5 Å². The van der Waals surface area contributed by atoms with E-state index in [4.69, 9.17) is 4.74 Å². The standard InChI is InChI=1S/C19H23NO4S/c1-3-25(22,23)20-14-17-9-11-18(12-10-17)19(21)24-15(2)13-16-7-5-4-6-8-16/h4-12,15,20H,3,13-14H2,1-2H3/t15-/m1/s1. The highest BCUT2D eigenvalue weighted by atomic mass is 32.2. The second-order valence-corrected chi connectivity index (χ2v) is 7.92. The molecule has 0 aliphatic heterocycles. The van der Waals surface area contributed by atoms with Crippen LogP contribution in [0, 0.1) is 0 Å². The molecule has 6 heteroatoms. The van der Waals surface area contributed by atoms with E-state index in [9.17, 15) is 13.2 Å². The summed E-state index contributed by atoms with van der Waals surface area (Å²) in [5, 5.41) is 0. The first kappa shape index (κ1) is 19.1. The highest BCUT2D eigenvalue weighted by Gasteiger charge is 2.13. The van der Waals surface area contributed by atoms with Crippen LogP contribution in [-0.4, -0.2) is 26.2 Å². The molecule has 0 heterocycles. The van der Waals surface area contributed by atoms with E-state index >= 15 is 0 Å². The summed E-state index contributed by atoms with van der Waals surface area (Å²) >= 11 is 0. The molecule has 0 aliphatic carbocycles. The van der Waals surface area contributed by atoms with Gasteiger partial charge < -0.3 is 4.74 Å². The predicted octanol–water partition coefficient (Wildman–Crippen LogP) is 2.91. The number of benzene rings is 2. The lowest BCUT2D eigenvalue weighted by molar-refractivity contribution is 0.0343. The molecule has 1 atom stereocenters. The number of hydrogen-bond donors (Lipinski definition) is 1. The molecule has 2 aromatic carbocycles. The molecular formula is C19H23NO4S. The van der Waals surface area contributed by atoms with Gasteiger partial charge >= 0.3 is 5.97 Å². The molecule has 0 bridgehead atoms. The largest absolute Gasteiger partial charge is 0.459 e. The highest BCUT2D eigenvalue weighted by molar-refractivity contribution is 7.89. The van der Waals surface area contributed by atoms with E-state index in [0.29, 0.717) is 12.0 Å². The molecule has 1 N–H and O–H groups in total. The van der Waals surface area contributed by atoms with Crippen molar-refractivity contribution in [3.63, 3.8) is 0 Å². The molecule has 2 rings (SSSR count). The van der Waals surface area contributed by atoms with E-state index in [1.807, 2.05) is 37.3 Å². The molecule has 0 fully saturated rings.